The molecule has 0 spiro atoms. The van der Waals surface area contributed by atoms with E-state index in [1.54, 1.807) is 25.4 Å². The van der Waals surface area contributed by atoms with E-state index in [2.05, 4.69) is 15.6 Å². The van der Waals surface area contributed by atoms with Crippen LogP contribution in [0.2, 0.25) is 0 Å². The summed E-state index contributed by atoms with van der Waals surface area (Å²) in [6.07, 6.45) is 1.56. The highest BCUT2D eigenvalue weighted by Crippen LogP contribution is 2.19. The highest BCUT2D eigenvalue weighted by molar-refractivity contribution is 6.04. The van der Waals surface area contributed by atoms with E-state index < -0.39 is 0 Å². The highest BCUT2D eigenvalue weighted by atomic mass is 16.5. The SMILES string of the molecule is COc1ccccc1CNc1ccc(C(=O)Nc2ccc(N(C)C)cc2)cn1. The van der Waals surface area contributed by atoms with Gasteiger partial charge in [-0.15, -0.1) is 0 Å². The van der Waals surface area contributed by atoms with Crippen molar-refractivity contribution in [1.82, 2.24) is 4.98 Å². The number of hydrogen-bond acceptors (Lipinski definition) is 5. The van der Waals surface area contributed by atoms with Crippen LogP contribution in [-0.2, 0) is 6.54 Å². The Morgan fingerprint density at radius 3 is 2.43 bits per heavy atom. The number of methoxy groups -OCH3 is 1. The Morgan fingerprint density at radius 1 is 1.04 bits per heavy atom. The van der Waals surface area contributed by atoms with Crippen molar-refractivity contribution in [1.29, 1.82) is 0 Å². The lowest BCUT2D eigenvalue weighted by Crippen LogP contribution is -2.13. The number of para-hydroxylation sites is 1. The van der Waals surface area contributed by atoms with Crippen LogP contribution in [0.4, 0.5) is 17.2 Å². The van der Waals surface area contributed by atoms with Crippen LogP contribution in [-0.4, -0.2) is 32.1 Å². The van der Waals surface area contributed by atoms with Crippen LogP contribution >= 0.6 is 0 Å². The maximum absolute atomic E-state index is 12.4. The third-order valence-electron chi connectivity index (χ3n) is 4.32. The molecule has 0 radical (unpaired) electrons. The minimum Gasteiger partial charge on any atom is -0.496 e. The minimum absolute atomic E-state index is 0.193. The van der Waals surface area contributed by atoms with Gasteiger partial charge in [-0.25, -0.2) is 4.98 Å². The van der Waals surface area contributed by atoms with Crippen LogP contribution in [0.3, 0.4) is 0 Å². The predicted octanol–water partition coefficient (Wildman–Crippen LogP) is 4.02. The summed E-state index contributed by atoms with van der Waals surface area (Å²) in [5.41, 5.74) is 3.36. The van der Waals surface area contributed by atoms with Gasteiger partial charge in [-0.05, 0) is 42.5 Å². The second-order valence-electron chi connectivity index (χ2n) is 6.49. The van der Waals surface area contributed by atoms with Crippen LogP contribution in [0.15, 0.2) is 66.9 Å². The minimum atomic E-state index is -0.193. The molecule has 0 aliphatic heterocycles. The van der Waals surface area contributed by atoms with Crippen LogP contribution in [0.25, 0.3) is 0 Å². The van der Waals surface area contributed by atoms with E-state index >= 15 is 0 Å². The monoisotopic (exact) mass is 376 g/mol. The number of carbonyl (C=O) groups excluding carboxylic acids is 1. The van der Waals surface area contributed by atoms with Crippen LogP contribution in [0.1, 0.15) is 15.9 Å². The second kappa shape index (κ2) is 8.90. The number of nitrogens with zero attached hydrogens (tertiary/aromatic N) is 2. The smallest absolute Gasteiger partial charge is 0.257 e. The molecule has 0 saturated heterocycles. The number of rotatable bonds is 7. The molecule has 0 saturated carbocycles. The standard InChI is InChI=1S/C22H24N4O2/c1-26(2)19-11-9-18(10-12-19)25-22(27)17-8-13-21(24-15-17)23-14-16-6-4-5-7-20(16)28-3/h4-13,15H,14H2,1-3H3,(H,23,24)(H,25,27). The van der Waals surface area contributed by atoms with Gasteiger partial charge in [-0.1, -0.05) is 18.2 Å². The van der Waals surface area contributed by atoms with Gasteiger partial charge in [-0.2, -0.15) is 0 Å². The number of nitrogens with one attached hydrogen (secondary N) is 2. The Kier molecular flexibility index (Phi) is 6.11. The molecular weight excluding hydrogens is 352 g/mol. The molecule has 3 aromatic rings. The number of anilines is 3. The fourth-order valence-corrected chi connectivity index (χ4v) is 2.71. The molecule has 1 aromatic heterocycles. The van der Waals surface area contributed by atoms with Gasteiger partial charge in [0.1, 0.15) is 11.6 Å². The molecule has 0 atom stereocenters. The summed E-state index contributed by atoms with van der Waals surface area (Å²) in [4.78, 5) is 18.7. The van der Waals surface area contributed by atoms with Crippen molar-refractivity contribution in [2.75, 3.05) is 36.7 Å². The first-order valence-electron chi connectivity index (χ1n) is 8.97. The Labute approximate surface area is 165 Å². The van der Waals surface area contributed by atoms with Crippen LogP contribution in [0, 0.1) is 0 Å². The first-order valence-corrected chi connectivity index (χ1v) is 8.97. The topological polar surface area (TPSA) is 66.5 Å². The summed E-state index contributed by atoms with van der Waals surface area (Å²) in [5, 5.41) is 6.12. The summed E-state index contributed by atoms with van der Waals surface area (Å²) < 4.78 is 5.35. The lowest BCUT2D eigenvalue weighted by atomic mass is 10.2. The van der Waals surface area contributed by atoms with E-state index in [4.69, 9.17) is 4.74 Å². The molecule has 3 rings (SSSR count). The van der Waals surface area contributed by atoms with Gasteiger partial charge in [0.05, 0.1) is 12.7 Å². The van der Waals surface area contributed by atoms with Gasteiger partial charge in [0.15, 0.2) is 0 Å². The fourth-order valence-electron chi connectivity index (χ4n) is 2.71. The quantitative estimate of drug-likeness (QED) is 0.652. The first-order chi connectivity index (χ1) is 13.6. The predicted molar refractivity (Wildman–Crippen MR) is 113 cm³/mol. The third kappa shape index (κ3) is 4.79. The number of aromatic nitrogens is 1. The van der Waals surface area contributed by atoms with E-state index in [0.29, 0.717) is 17.9 Å². The normalized spacial score (nSPS) is 10.2. The molecule has 2 N–H and O–H groups in total. The summed E-state index contributed by atoms with van der Waals surface area (Å²) in [7, 11) is 5.60. The molecule has 28 heavy (non-hydrogen) atoms. The summed E-state index contributed by atoms with van der Waals surface area (Å²) in [6.45, 7) is 0.584. The molecule has 144 valence electrons. The number of pyridine rings is 1. The summed E-state index contributed by atoms with van der Waals surface area (Å²) >= 11 is 0. The molecule has 2 aromatic carbocycles. The molecule has 1 amide bonds. The number of benzene rings is 2. The molecule has 6 nitrogen and oxygen atoms in total. The van der Waals surface area contributed by atoms with Crippen molar-refractivity contribution in [2.24, 2.45) is 0 Å². The Morgan fingerprint density at radius 2 is 1.79 bits per heavy atom. The van der Waals surface area contributed by atoms with Crippen molar-refractivity contribution in [3.63, 3.8) is 0 Å². The van der Waals surface area contributed by atoms with Gasteiger partial charge < -0.3 is 20.3 Å². The average Bonchev–Trinajstić information content (AvgIpc) is 2.73. The maximum Gasteiger partial charge on any atom is 0.257 e. The van der Waals surface area contributed by atoms with Crippen molar-refractivity contribution in [3.8, 4) is 5.75 Å². The number of amides is 1. The zero-order valence-corrected chi connectivity index (χ0v) is 16.3. The lowest BCUT2D eigenvalue weighted by Gasteiger charge is -2.13. The largest absolute Gasteiger partial charge is 0.496 e. The zero-order chi connectivity index (χ0) is 19.9. The molecule has 6 heteroatoms. The van der Waals surface area contributed by atoms with E-state index in [9.17, 15) is 4.79 Å². The second-order valence-corrected chi connectivity index (χ2v) is 6.49. The van der Waals surface area contributed by atoms with E-state index in [0.717, 1.165) is 22.7 Å². The molecule has 1 heterocycles. The molecule has 0 fully saturated rings. The van der Waals surface area contributed by atoms with Crippen LogP contribution in [0.5, 0.6) is 5.75 Å². The molecule has 0 aliphatic rings. The highest BCUT2D eigenvalue weighted by Gasteiger charge is 2.08. The van der Waals surface area contributed by atoms with Crippen molar-refractivity contribution < 1.29 is 9.53 Å². The van der Waals surface area contributed by atoms with Crippen LogP contribution < -0.4 is 20.3 Å². The summed E-state index contributed by atoms with van der Waals surface area (Å²) in [5.74, 6) is 1.32. The molecule has 0 bridgehead atoms. The zero-order valence-electron chi connectivity index (χ0n) is 16.3. The van der Waals surface area contributed by atoms with E-state index in [1.165, 1.54) is 0 Å². The van der Waals surface area contributed by atoms with E-state index in [-0.39, 0.29) is 5.91 Å². The van der Waals surface area contributed by atoms with Crippen molar-refractivity contribution in [3.05, 3.63) is 78.0 Å². The number of ether oxygens (including phenoxy) is 1. The number of hydrogen-bond donors (Lipinski definition) is 2. The van der Waals surface area contributed by atoms with E-state index in [1.807, 2.05) is 67.5 Å². The third-order valence-corrected chi connectivity index (χ3v) is 4.32. The summed E-state index contributed by atoms with van der Waals surface area (Å²) in [6, 6.07) is 19.0. The van der Waals surface area contributed by atoms with Gasteiger partial charge in [0.2, 0.25) is 0 Å². The Hall–Kier alpha value is -3.54. The van der Waals surface area contributed by atoms with Gasteiger partial charge in [0.25, 0.3) is 5.91 Å². The molecular formula is C22H24N4O2. The van der Waals surface area contributed by atoms with Crippen molar-refractivity contribution >= 4 is 23.1 Å². The van der Waals surface area contributed by atoms with Gasteiger partial charge in [0, 0.05) is 43.8 Å². The maximum atomic E-state index is 12.4. The Bertz CT molecular complexity index is 922. The lowest BCUT2D eigenvalue weighted by molar-refractivity contribution is 0.102. The van der Waals surface area contributed by atoms with Gasteiger partial charge in [-0.3, -0.25) is 4.79 Å². The van der Waals surface area contributed by atoms with Gasteiger partial charge >= 0.3 is 0 Å². The fraction of sp³-hybridized carbons (Fsp3) is 0.182. The molecule has 0 unspecified atom stereocenters. The first kappa shape index (κ1) is 19.2. The van der Waals surface area contributed by atoms with Crippen molar-refractivity contribution in [2.45, 2.75) is 6.54 Å². The molecule has 0 aliphatic carbocycles. The average molecular weight is 376 g/mol. The Balaban J connectivity index is 1.59. The number of carbonyl (C=O) groups is 1.